The van der Waals surface area contributed by atoms with E-state index in [9.17, 15) is 4.79 Å². The van der Waals surface area contributed by atoms with Gasteiger partial charge in [-0.1, -0.05) is 18.2 Å². The summed E-state index contributed by atoms with van der Waals surface area (Å²) in [5.74, 6) is 0.647. The van der Waals surface area contributed by atoms with Crippen LogP contribution in [0.1, 0.15) is 22.8 Å². The minimum atomic E-state index is -0.934. The molecule has 2 aromatic carbocycles. The fourth-order valence-corrected chi connectivity index (χ4v) is 1.73. The molecule has 2 bridgehead atoms. The number of ether oxygens (including phenoxy) is 2. The van der Waals surface area contributed by atoms with Crippen molar-refractivity contribution in [2.45, 2.75) is 13.5 Å². The number of hydrogen-bond acceptors (Lipinski definition) is 3. The average molecular weight is 272 g/mol. The van der Waals surface area contributed by atoms with Crippen molar-refractivity contribution < 1.29 is 19.4 Å². The van der Waals surface area contributed by atoms with Crippen LogP contribution in [0.15, 0.2) is 48.5 Å². The predicted molar refractivity (Wildman–Crippen MR) is 75.3 cm³/mol. The van der Waals surface area contributed by atoms with E-state index in [2.05, 4.69) is 12.1 Å². The Morgan fingerprint density at radius 3 is 2.40 bits per heavy atom. The van der Waals surface area contributed by atoms with Crippen molar-refractivity contribution >= 4 is 5.97 Å². The second kappa shape index (κ2) is 6.61. The van der Waals surface area contributed by atoms with E-state index in [1.54, 1.807) is 12.1 Å². The molecule has 4 heteroatoms. The van der Waals surface area contributed by atoms with Gasteiger partial charge in [0.05, 0.1) is 12.2 Å². The Bertz CT molecular complexity index is 552. The van der Waals surface area contributed by atoms with Crippen LogP contribution in [-0.4, -0.2) is 17.7 Å². The number of fused-ring (bicyclic) bond motifs is 3. The summed E-state index contributed by atoms with van der Waals surface area (Å²) in [5.41, 5.74) is 1.51. The number of rotatable bonds is 3. The third-order valence-corrected chi connectivity index (χ3v) is 2.72. The van der Waals surface area contributed by atoms with E-state index >= 15 is 0 Å². The first-order valence-corrected chi connectivity index (χ1v) is 6.37. The van der Waals surface area contributed by atoms with Crippen LogP contribution in [0.2, 0.25) is 0 Å². The predicted octanol–water partition coefficient (Wildman–Crippen LogP) is 3.36. The number of carbonyl (C=O) groups is 1. The number of aromatic carboxylic acids is 1. The van der Waals surface area contributed by atoms with Crippen LogP contribution in [0.4, 0.5) is 0 Å². The minimum absolute atomic E-state index is 0.251. The Hall–Kier alpha value is -2.49. The summed E-state index contributed by atoms with van der Waals surface area (Å²) in [5, 5.41) is 8.62. The molecule has 0 fully saturated rings. The molecule has 104 valence electrons. The van der Waals surface area contributed by atoms with Crippen molar-refractivity contribution in [3.05, 3.63) is 59.7 Å². The molecule has 0 spiro atoms. The van der Waals surface area contributed by atoms with E-state index in [1.165, 1.54) is 17.7 Å². The van der Waals surface area contributed by atoms with E-state index in [0.29, 0.717) is 12.4 Å². The topological polar surface area (TPSA) is 55.8 Å². The van der Waals surface area contributed by atoms with Crippen LogP contribution in [0.25, 0.3) is 0 Å². The molecular weight excluding hydrogens is 256 g/mol. The molecule has 4 rings (SSSR count). The van der Waals surface area contributed by atoms with Gasteiger partial charge in [-0.2, -0.15) is 0 Å². The van der Waals surface area contributed by atoms with Crippen molar-refractivity contribution in [3.63, 3.8) is 0 Å². The third kappa shape index (κ3) is 3.75. The Morgan fingerprint density at radius 1 is 1.25 bits per heavy atom. The fourth-order valence-electron chi connectivity index (χ4n) is 1.73. The molecule has 0 saturated heterocycles. The summed E-state index contributed by atoms with van der Waals surface area (Å²) < 4.78 is 10.3. The Morgan fingerprint density at radius 2 is 2.00 bits per heavy atom. The summed E-state index contributed by atoms with van der Waals surface area (Å²) in [7, 11) is 0. The maximum absolute atomic E-state index is 10.5. The lowest BCUT2D eigenvalue weighted by Crippen LogP contribution is -2.00. The first-order valence-electron chi connectivity index (χ1n) is 6.37. The molecule has 1 N–H and O–H groups in total. The van der Waals surface area contributed by atoms with Crippen molar-refractivity contribution in [2.75, 3.05) is 6.61 Å². The zero-order valence-corrected chi connectivity index (χ0v) is 11.2. The summed E-state index contributed by atoms with van der Waals surface area (Å²) >= 11 is 0. The Balaban J connectivity index is 0.000000157. The lowest BCUT2D eigenvalue weighted by molar-refractivity contribution is 0.0696. The molecule has 0 aliphatic carbocycles. The Kier molecular flexibility index (Phi) is 4.60. The maximum Gasteiger partial charge on any atom is 0.335 e. The second-order valence-electron chi connectivity index (χ2n) is 4.20. The molecule has 20 heavy (non-hydrogen) atoms. The minimum Gasteiger partial charge on any atom is -0.494 e. The van der Waals surface area contributed by atoms with Crippen molar-refractivity contribution in [3.8, 4) is 11.5 Å². The van der Waals surface area contributed by atoms with Crippen LogP contribution in [0.3, 0.4) is 0 Å². The van der Waals surface area contributed by atoms with Gasteiger partial charge in [-0.15, -0.1) is 0 Å². The molecule has 2 heterocycles. The Labute approximate surface area is 117 Å². The van der Waals surface area contributed by atoms with Crippen LogP contribution >= 0.6 is 0 Å². The van der Waals surface area contributed by atoms with Crippen LogP contribution in [0, 0.1) is 0 Å². The van der Waals surface area contributed by atoms with Crippen LogP contribution < -0.4 is 9.47 Å². The van der Waals surface area contributed by atoms with Gasteiger partial charge in [-0.05, 0) is 42.8 Å². The van der Waals surface area contributed by atoms with E-state index in [-0.39, 0.29) is 5.56 Å². The summed E-state index contributed by atoms with van der Waals surface area (Å²) in [6, 6.07) is 14.6. The van der Waals surface area contributed by atoms with E-state index in [4.69, 9.17) is 14.6 Å². The third-order valence-electron chi connectivity index (χ3n) is 2.72. The highest BCUT2D eigenvalue weighted by molar-refractivity contribution is 5.87. The molecule has 0 aromatic heterocycles. The highest BCUT2D eigenvalue weighted by Gasteiger charge is 2.02. The van der Waals surface area contributed by atoms with E-state index in [1.807, 2.05) is 19.1 Å². The molecule has 2 aromatic rings. The number of benzene rings is 2. The van der Waals surface area contributed by atoms with E-state index < -0.39 is 5.97 Å². The molecular formula is C16H16O4. The zero-order valence-electron chi connectivity index (χ0n) is 11.2. The van der Waals surface area contributed by atoms with Gasteiger partial charge in [0.25, 0.3) is 0 Å². The van der Waals surface area contributed by atoms with Crippen molar-refractivity contribution in [1.82, 2.24) is 0 Å². The maximum atomic E-state index is 10.5. The van der Waals surface area contributed by atoms with Gasteiger partial charge in [-0.3, -0.25) is 0 Å². The second-order valence-corrected chi connectivity index (χ2v) is 4.20. The molecule has 2 aliphatic heterocycles. The first-order chi connectivity index (χ1) is 9.69. The quantitative estimate of drug-likeness (QED) is 0.930. The largest absolute Gasteiger partial charge is 0.494 e. The molecule has 2 aliphatic rings. The van der Waals surface area contributed by atoms with Crippen LogP contribution in [-0.2, 0) is 6.61 Å². The van der Waals surface area contributed by atoms with E-state index in [0.717, 1.165) is 12.4 Å². The summed E-state index contributed by atoms with van der Waals surface area (Å²) in [6.45, 7) is 3.17. The molecule has 0 radical (unpaired) electrons. The number of carboxylic acid groups (broad SMARTS) is 1. The zero-order chi connectivity index (χ0) is 14.4. The van der Waals surface area contributed by atoms with Crippen molar-refractivity contribution in [2.24, 2.45) is 0 Å². The lowest BCUT2D eigenvalue weighted by Gasteiger charge is -2.11. The van der Waals surface area contributed by atoms with Gasteiger partial charge >= 0.3 is 5.97 Å². The van der Waals surface area contributed by atoms with Gasteiger partial charge in [0, 0.05) is 0 Å². The first kappa shape index (κ1) is 13.9. The highest BCUT2D eigenvalue weighted by Crippen LogP contribution is 2.19. The SMILES string of the molecule is CCOc1cccc(C(=O)O)c1.c1cc2ccc1CO2. The fraction of sp³-hybridized carbons (Fsp3) is 0.188. The number of carboxylic acids is 1. The van der Waals surface area contributed by atoms with Gasteiger partial charge in [0.1, 0.15) is 18.1 Å². The summed E-state index contributed by atoms with van der Waals surface area (Å²) in [4.78, 5) is 10.5. The molecule has 0 saturated carbocycles. The van der Waals surface area contributed by atoms with Crippen LogP contribution in [0.5, 0.6) is 11.5 Å². The molecule has 0 unspecified atom stereocenters. The smallest absolute Gasteiger partial charge is 0.335 e. The highest BCUT2D eigenvalue weighted by atomic mass is 16.5. The summed E-state index contributed by atoms with van der Waals surface area (Å²) in [6.07, 6.45) is 0. The lowest BCUT2D eigenvalue weighted by atomic mass is 10.2. The standard InChI is InChI=1S/C9H10O3.C7H6O/c1-2-12-8-5-3-4-7(6-8)9(10)11;1-3-7-4-2-6(1)5-8-7/h3-6H,2H2,1H3,(H,10,11);1-4H,5H2. The molecule has 0 atom stereocenters. The van der Waals surface area contributed by atoms with Crippen molar-refractivity contribution in [1.29, 1.82) is 0 Å². The average Bonchev–Trinajstić information content (AvgIpc) is 2.50. The monoisotopic (exact) mass is 272 g/mol. The number of hydrogen-bond donors (Lipinski definition) is 1. The van der Waals surface area contributed by atoms with Gasteiger partial charge < -0.3 is 14.6 Å². The van der Waals surface area contributed by atoms with Gasteiger partial charge in [0.15, 0.2) is 0 Å². The van der Waals surface area contributed by atoms with Gasteiger partial charge in [0.2, 0.25) is 0 Å². The normalized spacial score (nSPS) is 11.1. The van der Waals surface area contributed by atoms with Gasteiger partial charge in [-0.25, -0.2) is 4.79 Å². The molecule has 4 nitrogen and oxygen atoms in total. The molecule has 0 amide bonds.